The Balaban J connectivity index is 3.55. The highest BCUT2D eigenvalue weighted by atomic mass is 16.3. The normalized spacial score (nSPS) is 15.0. The summed E-state index contributed by atoms with van der Waals surface area (Å²) in [6, 6.07) is 0. The van der Waals surface area contributed by atoms with E-state index in [4.69, 9.17) is 0 Å². The van der Waals surface area contributed by atoms with Gasteiger partial charge in [0, 0.05) is 0 Å². The first kappa shape index (κ1) is 12.2. The minimum absolute atomic E-state index is 0.444. The van der Waals surface area contributed by atoms with Crippen LogP contribution in [0, 0.1) is 0 Å². The molecule has 0 fully saturated rings. The molecule has 0 amide bonds. The van der Waals surface area contributed by atoms with E-state index < -0.39 is 6.10 Å². The SMILES string of the molecule is C/C=C/C(O)/C=C/C=C/CCCC. The average molecular weight is 180 g/mol. The first-order valence-electron chi connectivity index (χ1n) is 4.95. The number of allylic oxidation sites excluding steroid dienone is 4. The Hall–Kier alpha value is -0.820. The average Bonchev–Trinajstić information content (AvgIpc) is 2.11. The van der Waals surface area contributed by atoms with Gasteiger partial charge in [-0.15, -0.1) is 0 Å². The monoisotopic (exact) mass is 180 g/mol. The Labute approximate surface area is 81.5 Å². The lowest BCUT2D eigenvalue weighted by molar-refractivity contribution is 0.271. The lowest BCUT2D eigenvalue weighted by Gasteiger charge is -1.93. The molecule has 1 heteroatoms. The largest absolute Gasteiger partial charge is 0.385 e. The molecular weight excluding hydrogens is 160 g/mol. The number of aliphatic hydroxyl groups excluding tert-OH is 1. The molecule has 0 aliphatic heterocycles. The predicted molar refractivity (Wildman–Crippen MR) is 58.6 cm³/mol. The fraction of sp³-hybridized carbons (Fsp3) is 0.500. The van der Waals surface area contributed by atoms with Crippen LogP contribution in [0.3, 0.4) is 0 Å². The van der Waals surface area contributed by atoms with Gasteiger partial charge in [-0.05, 0) is 13.3 Å². The topological polar surface area (TPSA) is 20.2 Å². The number of rotatable bonds is 6. The zero-order chi connectivity index (χ0) is 9.94. The molecule has 1 unspecified atom stereocenters. The molecule has 0 spiro atoms. The van der Waals surface area contributed by atoms with Gasteiger partial charge in [-0.1, -0.05) is 56.2 Å². The van der Waals surface area contributed by atoms with Crippen LogP contribution in [0.25, 0.3) is 0 Å². The van der Waals surface area contributed by atoms with E-state index >= 15 is 0 Å². The molecule has 0 aromatic carbocycles. The van der Waals surface area contributed by atoms with Crippen LogP contribution in [0.5, 0.6) is 0 Å². The minimum Gasteiger partial charge on any atom is -0.385 e. The van der Waals surface area contributed by atoms with Crippen molar-refractivity contribution in [2.24, 2.45) is 0 Å². The van der Waals surface area contributed by atoms with E-state index in [1.807, 2.05) is 25.2 Å². The maximum Gasteiger partial charge on any atom is 0.0905 e. The van der Waals surface area contributed by atoms with E-state index in [1.165, 1.54) is 12.8 Å². The van der Waals surface area contributed by atoms with Crippen molar-refractivity contribution in [3.05, 3.63) is 36.5 Å². The highest BCUT2D eigenvalue weighted by Gasteiger charge is 1.86. The quantitative estimate of drug-likeness (QED) is 0.378. The van der Waals surface area contributed by atoms with Crippen LogP contribution in [0.4, 0.5) is 0 Å². The first-order valence-corrected chi connectivity index (χ1v) is 4.95. The van der Waals surface area contributed by atoms with E-state index in [1.54, 1.807) is 12.2 Å². The van der Waals surface area contributed by atoms with Crippen molar-refractivity contribution in [1.29, 1.82) is 0 Å². The Kier molecular flexibility index (Phi) is 8.68. The Morgan fingerprint density at radius 2 is 2.00 bits per heavy atom. The third-order valence-corrected chi connectivity index (χ3v) is 1.67. The minimum atomic E-state index is -0.444. The fourth-order valence-corrected chi connectivity index (χ4v) is 0.936. The lowest BCUT2D eigenvalue weighted by Crippen LogP contribution is -1.94. The first-order chi connectivity index (χ1) is 6.31. The molecule has 0 aliphatic carbocycles. The number of hydrogen-bond donors (Lipinski definition) is 1. The van der Waals surface area contributed by atoms with E-state index in [9.17, 15) is 5.11 Å². The zero-order valence-electron chi connectivity index (χ0n) is 8.61. The van der Waals surface area contributed by atoms with Crippen molar-refractivity contribution in [1.82, 2.24) is 0 Å². The maximum absolute atomic E-state index is 9.24. The number of unbranched alkanes of at least 4 members (excludes halogenated alkanes) is 2. The van der Waals surface area contributed by atoms with Gasteiger partial charge >= 0.3 is 0 Å². The summed E-state index contributed by atoms with van der Waals surface area (Å²) in [5.74, 6) is 0. The molecule has 0 bridgehead atoms. The van der Waals surface area contributed by atoms with Gasteiger partial charge < -0.3 is 5.11 Å². The van der Waals surface area contributed by atoms with Crippen molar-refractivity contribution in [3.8, 4) is 0 Å². The molecule has 1 nitrogen and oxygen atoms in total. The molecule has 0 aromatic heterocycles. The van der Waals surface area contributed by atoms with Crippen LogP contribution in [0.2, 0.25) is 0 Å². The van der Waals surface area contributed by atoms with E-state index in [0.717, 1.165) is 6.42 Å². The van der Waals surface area contributed by atoms with Gasteiger partial charge in [0.1, 0.15) is 0 Å². The van der Waals surface area contributed by atoms with E-state index in [0.29, 0.717) is 0 Å². The smallest absolute Gasteiger partial charge is 0.0905 e. The molecule has 1 N–H and O–H groups in total. The van der Waals surface area contributed by atoms with Gasteiger partial charge in [-0.25, -0.2) is 0 Å². The summed E-state index contributed by atoms with van der Waals surface area (Å²) >= 11 is 0. The van der Waals surface area contributed by atoms with Gasteiger partial charge in [0.05, 0.1) is 6.10 Å². The summed E-state index contributed by atoms with van der Waals surface area (Å²) in [4.78, 5) is 0. The number of hydrogen-bond acceptors (Lipinski definition) is 1. The molecule has 0 aliphatic rings. The molecule has 0 radical (unpaired) electrons. The molecule has 74 valence electrons. The predicted octanol–water partition coefficient (Wildman–Crippen LogP) is 3.23. The summed E-state index contributed by atoms with van der Waals surface area (Å²) in [5.41, 5.74) is 0. The molecule has 0 saturated heterocycles. The molecule has 0 saturated carbocycles. The van der Waals surface area contributed by atoms with Crippen molar-refractivity contribution in [2.75, 3.05) is 0 Å². The molecule has 1 atom stereocenters. The molecule has 0 rings (SSSR count). The van der Waals surface area contributed by atoms with Crippen LogP contribution in [0.1, 0.15) is 33.1 Å². The zero-order valence-corrected chi connectivity index (χ0v) is 8.61. The fourth-order valence-electron chi connectivity index (χ4n) is 0.936. The van der Waals surface area contributed by atoms with Crippen LogP contribution in [0.15, 0.2) is 36.5 Å². The third kappa shape index (κ3) is 9.09. The number of aliphatic hydroxyl groups is 1. The second-order valence-corrected chi connectivity index (χ2v) is 2.97. The molecule has 0 heterocycles. The second-order valence-electron chi connectivity index (χ2n) is 2.97. The Bertz CT molecular complexity index is 178. The maximum atomic E-state index is 9.24. The Morgan fingerprint density at radius 1 is 1.23 bits per heavy atom. The Morgan fingerprint density at radius 3 is 2.62 bits per heavy atom. The van der Waals surface area contributed by atoms with Gasteiger partial charge in [-0.3, -0.25) is 0 Å². The van der Waals surface area contributed by atoms with Crippen molar-refractivity contribution in [2.45, 2.75) is 39.2 Å². The molecule has 13 heavy (non-hydrogen) atoms. The third-order valence-electron chi connectivity index (χ3n) is 1.67. The van der Waals surface area contributed by atoms with Crippen LogP contribution >= 0.6 is 0 Å². The van der Waals surface area contributed by atoms with Gasteiger partial charge in [-0.2, -0.15) is 0 Å². The highest BCUT2D eigenvalue weighted by molar-refractivity contribution is 5.08. The molecular formula is C12H20O. The summed E-state index contributed by atoms with van der Waals surface area (Å²) in [6.45, 7) is 4.08. The highest BCUT2D eigenvalue weighted by Crippen LogP contribution is 1.95. The van der Waals surface area contributed by atoms with Crippen molar-refractivity contribution < 1.29 is 5.11 Å². The van der Waals surface area contributed by atoms with Crippen LogP contribution < -0.4 is 0 Å². The van der Waals surface area contributed by atoms with Gasteiger partial charge in [0.15, 0.2) is 0 Å². The van der Waals surface area contributed by atoms with E-state index in [2.05, 4.69) is 13.0 Å². The van der Waals surface area contributed by atoms with Crippen molar-refractivity contribution in [3.63, 3.8) is 0 Å². The van der Waals surface area contributed by atoms with Crippen LogP contribution in [-0.2, 0) is 0 Å². The van der Waals surface area contributed by atoms with Gasteiger partial charge in [0.2, 0.25) is 0 Å². The summed E-state index contributed by atoms with van der Waals surface area (Å²) in [7, 11) is 0. The lowest BCUT2D eigenvalue weighted by atomic mass is 10.2. The van der Waals surface area contributed by atoms with Gasteiger partial charge in [0.25, 0.3) is 0 Å². The molecule has 0 aromatic rings. The standard InChI is InChI=1S/C12H20O/c1-3-5-6-7-8-9-11-12(13)10-4-2/h4,7-13H,3,5-6H2,1-2H3/b8-7+,10-4+,11-9+. The summed E-state index contributed by atoms with van der Waals surface area (Å²) in [5, 5.41) is 9.24. The summed E-state index contributed by atoms with van der Waals surface area (Å²) < 4.78 is 0. The summed E-state index contributed by atoms with van der Waals surface area (Å²) in [6.07, 6.45) is 14.5. The van der Waals surface area contributed by atoms with Crippen LogP contribution in [-0.4, -0.2) is 11.2 Å². The van der Waals surface area contributed by atoms with E-state index in [-0.39, 0.29) is 0 Å². The second kappa shape index (κ2) is 9.27. The van der Waals surface area contributed by atoms with Crippen molar-refractivity contribution >= 4 is 0 Å².